The van der Waals surface area contributed by atoms with Crippen LogP contribution in [0.15, 0.2) is 77.7 Å². The lowest BCUT2D eigenvalue weighted by Gasteiger charge is -2.12. The van der Waals surface area contributed by atoms with Gasteiger partial charge in [0.1, 0.15) is 6.26 Å². The summed E-state index contributed by atoms with van der Waals surface area (Å²) in [5.74, 6) is 0. The number of thiophene rings is 1. The second-order valence-electron chi connectivity index (χ2n) is 6.54. The van der Waals surface area contributed by atoms with Crippen LogP contribution in [0.3, 0.4) is 0 Å². The van der Waals surface area contributed by atoms with Crippen molar-refractivity contribution in [3.63, 3.8) is 0 Å². The van der Waals surface area contributed by atoms with Crippen LogP contribution in [0.4, 0.5) is 0 Å². The third-order valence-electron chi connectivity index (χ3n) is 4.93. The second-order valence-corrected chi connectivity index (χ2v) is 9.38. The van der Waals surface area contributed by atoms with Crippen molar-refractivity contribution in [3.05, 3.63) is 77.8 Å². The first-order valence-corrected chi connectivity index (χ1v) is 11.3. The van der Waals surface area contributed by atoms with Crippen molar-refractivity contribution < 1.29 is 4.55 Å². The molecule has 0 fully saturated rings. The zero-order valence-corrected chi connectivity index (χ0v) is 16.9. The Labute approximate surface area is 169 Å². The number of halogens is 1. The van der Waals surface area contributed by atoms with Crippen LogP contribution < -0.4 is 0 Å². The molecule has 5 aromatic rings. The van der Waals surface area contributed by atoms with Crippen LogP contribution in [-0.2, 0) is 11.2 Å². The van der Waals surface area contributed by atoms with E-state index in [1.165, 1.54) is 30.9 Å². The number of rotatable bonds is 2. The van der Waals surface area contributed by atoms with Gasteiger partial charge < -0.3 is 4.55 Å². The molecule has 1 atom stereocenters. The minimum atomic E-state index is -1.12. The Morgan fingerprint density at radius 1 is 0.852 bits per heavy atom. The lowest BCUT2D eigenvalue weighted by molar-refractivity contribution is 0.601. The Morgan fingerprint density at radius 3 is 2.56 bits per heavy atom. The van der Waals surface area contributed by atoms with Gasteiger partial charge in [0.2, 0.25) is 0 Å². The van der Waals surface area contributed by atoms with Gasteiger partial charge >= 0.3 is 0 Å². The molecular weight excluding hydrogens is 392 g/mol. The average molecular weight is 407 g/mol. The van der Waals surface area contributed by atoms with Gasteiger partial charge in [-0.25, -0.2) is 0 Å². The Kier molecular flexibility index (Phi) is 4.14. The van der Waals surface area contributed by atoms with Crippen LogP contribution >= 0.6 is 22.9 Å². The van der Waals surface area contributed by atoms with Crippen molar-refractivity contribution in [1.82, 2.24) is 0 Å². The van der Waals surface area contributed by atoms with Crippen LogP contribution in [-0.4, -0.2) is 10.8 Å². The summed E-state index contributed by atoms with van der Waals surface area (Å²) in [6, 6.07) is 24.9. The van der Waals surface area contributed by atoms with Gasteiger partial charge in [-0.3, -0.25) is 0 Å². The average Bonchev–Trinajstić information content (AvgIpc) is 3.07. The fourth-order valence-electron chi connectivity index (χ4n) is 3.73. The molecule has 1 unspecified atom stereocenters. The molecule has 4 heteroatoms. The molecule has 1 nitrogen and oxygen atoms in total. The molecule has 0 bridgehead atoms. The molecule has 5 rings (SSSR count). The molecule has 1 heterocycles. The van der Waals surface area contributed by atoms with Gasteiger partial charge in [0, 0.05) is 36.8 Å². The molecule has 27 heavy (non-hydrogen) atoms. The Hall–Kier alpha value is -2.04. The second kappa shape index (κ2) is 6.54. The summed E-state index contributed by atoms with van der Waals surface area (Å²) in [6.45, 7) is 0. The van der Waals surface area contributed by atoms with Crippen LogP contribution in [0, 0.1) is 0 Å². The highest BCUT2D eigenvalue weighted by atomic mass is 35.5. The summed E-state index contributed by atoms with van der Waals surface area (Å²) in [5.41, 5.74) is 2.09. The minimum Gasteiger partial charge on any atom is -0.612 e. The van der Waals surface area contributed by atoms with Crippen molar-refractivity contribution >= 4 is 65.1 Å². The standard InChI is InChI=1S/C23H15ClOS2/c1-27(25)21-13-15(24)10-12-17(21)18-7-4-8-20-22(18)19-11-9-14-5-2-3-6-16(14)23(19)26-20/h2-13H,1H3. The monoisotopic (exact) mass is 406 g/mol. The summed E-state index contributed by atoms with van der Waals surface area (Å²) in [5, 5.41) is 5.60. The van der Waals surface area contributed by atoms with Crippen molar-refractivity contribution in [3.8, 4) is 11.1 Å². The summed E-state index contributed by atoms with van der Waals surface area (Å²) in [4.78, 5) is 0.773. The van der Waals surface area contributed by atoms with E-state index in [-0.39, 0.29) is 0 Å². The van der Waals surface area contributed by atoms with Gasteiger partial charge in [-0.15, -0.1) is 11.3 Å². The molecule has 1 aromatic heterocycles. The molecule has 0 spiro atoms. The zero-order valence-electron chi connectivity index (χ0n) is 14.5. The highest BCUT2D eigenvalue weighted by molar-refractivity contribution is 7.90. The molecule has 132 valence electrons. The molecule has 4 aromatic carbocycles. The van der Waals surface area contributed by atoms with Crippen LogP contribution in [0.1, 0.15) is 0 Å². The van der Waals surface area contributed by atoms with Crippen molar-refractivity contribution in [2.75, 3.05) is 6.26 Å². The third-order valence-corrected chi connectivity index (χ3v) is 7.33. The van der Waals surface area contributed by atoms with Crippen LogP contribution in [0.2, 0.25) is 5.02 Å². The summed E-state index contributed by atoms with van der Waals surface area (Å²) >= 11 is 6.87. The summed E-state index contributed by atoms with van der Waals surface area (Å²) in [7, 11) is 0. The molecular formula is C23H15ClOS2. The maximum atomic E-state index is 12.4. The molecule has 0 amide bonds. The molecule has 0 radical (unpaired) electrons. The third kappa shape index (κ3) is 2.74. The van der Waals surface area contributed by atoms with E-state index in [1.54, 1.807) is 6.26 Å². The number of hydrogen-bond acceptors (Lipinski definition) is 2. The van der Waals surface area contributed by atoms with E-state index in [1.807, 2.05) is 29.5 Å². The maximum absolute atomic E-state index is 12.4. The fraction of sp³-hybridized carbons (Fsp3) is 0.0435. The van der Waals surface area contributed by atoms with E-state index >= 15 is 0 Å². The topological polar surface area (TPSA) is 23.1 Å². The fourth-order valence-corrected chi connectivity index (χ4v) is 6.02. The van der Waals surface area contributed by atoms with E-state index in [0.717, 1.165) is 16.0 Å². The first-order chi connectivity index (χ1) is 13.1. The Balaban J connectivity index is 1.91. The SMILES string of the molecule is C[S+]([O-])c1cc(Cl)ccc1-c1cccc2sc3c4ccccc4ccc3c12. The van der Waals surface area contributed by atoms with Gasteiger partial charge in [-0.2, -0.15) is 0 Å². The molecule has 0 saturated carbocycles. The molecule has 0 saturated heterocycles. The first-order valence-electron chi connectivity index (χ1n) is 8.60. The predicted octanol–water partition coefficient (Wildman–Crippen LogP) is 7.27. The van der Waals surface area contributed by atoms with Crippen molar-refractivity contribution in [1.29, 1.82) is 0 Å². The smallest absolute Gasteiger partial charge is 0.161 e. The van der Waals surface area contributed by atoms with E-state index < -0.39 is 11.2 Å². The van der Waals surface area contributed by atoms with E-state index in [2.05, 4.69) is 54.6 Å². The van der Waals surface area contributed by atoms with Gasteiger partial charge in [0.15, 0.2) is 4.90 Å². The highest BCUT2D eigenvalue weighted by Gasteiger charge is 2.19. The number of fused-ring (bicyclic) bond motifs is 5. The van der Waals surface area contributed by atoms with Crippen molar-refractivity contribution in [2.24, 2.45) is 0 Å². The van der Waals surface area contributed by atoms with E-state index in [9.17, 15) is 4.55 Å². The normalized spacial score (nSPS) is 12.9. The summed E-state index contributed by atoms with van der Waals surface area (Å²) < 4.78 is 14.9. The minimum absolute atomic E-state index is 0.609. The van der Waals surface area contributed by atoms with Gasteiger partial charge in [0.25, 0.3) is 0 Å². The highest BCUT2D eigenvalue weighted by Crippen LogP contribution is 2.44. The quantitative estimate of drug-likeness (QED) is 0.283. The molecule has 0 aliphatic carbocycles. The van der Waals surface area contributed by atoms with Crippen LogP contribution in [0.25, 0.3) is 42.1 Å². The Bertz CT molecular complexity index is 1320. The van der Waals surface area contributed by atoms with Crippen LogP contribution in [0.5, 0.6) is 0 Å². The lowest BCUT2D eigenvalue weighted by atomic mass is 9.98. The zero-order chi connectivity index (χ0) is 18.5. The largest absolute Gasteiger partial charge is 0.612 e. The maximum Gasteiger partial charge on any atom is 0.161 e. The number of benzene rings is 4. The first kappa shape index (κ1) is 17.1. The molecule has 0 aliphatic rings. The van der Waals surface area contributed by atoms with Gasteiger partial charge in [-0.1, -0.05) is 60.1 Å². The Morgan fingerprint density at radius 2 is 1.70 bits per heavy atom. The predicted molar refractivity (Wildman–Crippen MR) is 120 cm³/mol. The number of hydrogen-bond donors (Lipinski definition) is 0. The molecule has 0 N–H and O–H groups in total. The molecule has 0 aliphatic heterocycles. The van der Waals surface area contributed by atoms with Gasteiger partial charge in [0.05, 0.1) is 0 Å². The van der Waals surface area contributed by atoms with E-state index in [0.29, 0.717) is 5.02 Å². The van der Waals surface area contributed by atoms with E-state index in [4.69, 9.17) is 11.6 Å². The van der Waals surface area contributed by atoms with Gasteiger partial charge in [-0.05, 0) is 45.7 Å². The summed E-state index contributed by atoms with van der Waals surface area (Å²) in [6.07, 6.45) is 1.70. The van der Waals surface area contributed by atoms with Crippen molar-refractivity contribution in [2.45, 2.75) is 4.90 Å². The lowest BCUT2D eigenvalue weighted by Crippen LogP contribution is -2.00.